The van der Waals surface area contributed by atoms with Gasteiger partial charge in [0.2, 0.25) is 10.0 Å². The maximum atomic E-state index is 12.9. The van der Waals surface area contributed by atoms with Crippen molar-refractivity contribution in [1.82, 2.24) is 24.2 Å². The van der Waals surface area contributed by atoms with Gasteiger partial charge >= 0.3 is 0 Å². The van der Waals surface area contributed by atoms with Crippen LogP contribution in [0, 0.1) is 13.8 Å². The normalized spacial score (nSPS) is 16.5. The summed E-state index contributed by atoms with van der Waals surface area (Å²) >= 11 is 3.06. The zero-order valence-corrected chi connectivity index (χ0v) is 18.1. The molecule has 28 heavy (non-hydrogen) atoms. The predicted molar refractivity (Wildman–Crippen MR) is 111 cm³/mol. The van der Waals surface area contributed by atoms with Gasteiger partial charge in [-0.3, -0.25) is 4.90 Å². The Morgan fingerprint density at radius 3 is 2.46 bits per heavy atom. The highest BCUT2D eigenvalue weighted by molar-refractivity contribution is 7.89. The van der Waals surface area contributed by atoms with E-state index in [-0.39, 0.29) is 0 Å². The second-order valence-electron chi connectivity index (χ2n) is 6.67. The van der Waals surface area contributed by atoms with Gasteiger partial charge in [-0.05, 0) is 26.0 Å². The van der Waals surface area contributed by atoms with E-state index in [0.717, 1.165) is 20.5 Å². The molecule has 3 aromatic rings. The van der Waals surface area contributed by atoms with Crippen molar-refractivity contribution in [1.29, 1.82) is 0 Å². The number of piperazine rings is 1. The van der Waals surface area contributed by atoms with Crippen LogP contribution in [-0.2, 0) is 16.6 Å². The Morgan fingerprint density at radius 2 is 1.82 bits per heavy atom. The molecule has 1 aliphatic rings. The van der Waals surface area contributed by atoms with Gasteiger partial charge in [0.15, 0.2) is 10.8 Å². The van der Waals surface area contributed by atoms with E-state index in [1.807, 2.05) is 19.2 Å². The van der Waals surface area contributed by atoms with Crippen LogP contribution in [0.15, 0.2) is 34.8 Å². The molecule has 1 aliphatic heterocycles. The van der Waals surface area contributed by atoms with Crippen molar-refractivity contribution in [2.75, 3.05) is 26.2 Å². The summed E-state index contributed by atoms with van der Waals surface area (Å²) in [4.78, 5) is 17.7. The monoisotopic (exact) mass is 435 g/mol. The van der Waals surface area contributed by atoms with E-state index >= 15 is 0 Å². The van der Waals surface area contributed by atoms with Gasteiger partial charge in [-0.2, -0.15) is 4.31 Å². The molecule has 4 rings (SSSR count). The summed E-state index contributed by atoms with van der Waals surface area (Å²) in [5, 5.41) is 2.83. The van der Waals surface area contributed by atoms with Crippen LogP contribution in [0.3, 0.4) is 0 Å². The number of thiazole rings is 1. The zero-order valence-electron chi connectivity index (χ0n) is 15.7. The number of hydrogen-bond acceptors (Lipinski definition) is 8. The summed E-state index contributed by atoms with van der Waals surface area (Å²) in [6, 6.07) is 3.56. The number of hydrogen-bond donors (Lipinski definition) is 0. The fourth-order valence-electron chi connectivity index (χ4n) is 3.25. The van der Waals surface area contributed by atoms with Crippen molar-refractivity contribution in [3.63, 3.8) is 0 Å². The lowest BCUT2D eigenvalue weighted by Crippen LogP contribution is -2.48. The van der Waals surface area contributed by atoms with Gasteiger partial charge in [0.1, 0.15) is 0 Å². The van der Waals surface area contributed by atoms with Crippen LogP contribution in [0.5, 0.6) is 0 Å². The Hall–Kier alpha value is -1.72. The van der Waals surface area contributed by atoms with Crippen molar-refractivity contribution in [2.24, 2.45) is 0 Å². The molecule has 0 atom stereocenters. The average molecular weight is 436 g/mol. The highest BCUT2D eigenvalue weighted by atomic mass is 32.2. The Kier molecular flexibility index (Phi) is 5.57. The quantitative estimate of drug-likeness (QED) is 0.613. The molecule has 0 radical (unpaired) electrons. The minimum absolute atomic E-state index is 0.454. The van der Waals surface area contributed by atoms with E-state index in [9.17, 15) is 8.42 Å². The Balaban J connectivity index is 1.38. The maximum Gasteiger partial charge on any atom is 0.244 e. The lowest BCUT2D eigenvalue weighted by Gasteiger charge is -2.33. The van der Waals surface area contributed by atoms with E-state index in [1.54, 1.807) is 28.8 Å². The van der Waals surface area contributed by atoms with Crippen LogP contribution < -0.4 is 0 Å². The second kappa shape index (κ2) is 7.96. The first kappa shape index (κ1) is 19.6. The number of aryl methyl sites for hydroxylation is 2. The van der Waals surface area contributed by atoms with Crippen LogP contribution in [0.25, 0.3) is 10.8 Å². The molecular weight excluding hydrogens is 414 g/mol. The van der Waals surface area contributed by atoms with Gasteiger partial charge in [-0.1, -0.05) is 0 Å². The fourth-order valence-corrected chi connectivity index (χ4v) is 6.95. The average Bonchev–Trinajstić information content (AvgIpc) is 3.29. The third-order valence-corrected chi connectivity index (χ3v) is 8.65. The molecule has 0 unspecified atom stereocenters. The Labute approximate surface area is 172 Å². The molecule has 4 heterocycles. The van der Waals surface area contributed by atoms with E-state index in [4.69, 9.17) is 0 Å². The van der Waals surface area contributed by atoms with Gasteiger partial charge < -0.3 is 0 Å². The van der Waals surface area contributed by atoms with Gasteiger partial charge in [0, 0.05) is 60.3 Å². The summed E-state index contributed by atoms with van der Waals surface area (Å²) in [6.07, 6.45) is 3.42. The molecule has 0 aliphatic carbocycles. The minimum Gasteiger partial charge on any atom is -0.295 e. The summed E-state index contributed by atoms with van der Waals surface area (Å²) in [5.74, 6) is 0.635. The van der Waals surface area contributed by atoms with E-state index in [0.29, 0.717) is 43.4 Å². The summed E-state index contributed by atoms with van der Waals surface area (Å²) in [5.41, 5.74) is 0.966. The number of rotatable bonds is 5. The number of sulfonamides is 1. The molecule has 3 aromatic heterocycles. The van der Waals surface area contributed by atoms with Crippen molar-refractivity contribution in [3.05, 3.63) is 45.4 Å². The van der Waals surface area contributed by atoms with Crippen LogP contribution in [0.4, 0.5) is 0 Å². The van der Waals surface area contributed by atoms with Crippen LogP contribution in [0.2, 0.25) is 0 Å². The van der Waals surface area contributed by atoms with E-state index in [1.165, 1.54) is 22.7 Å². The third kappa shape index (κ3) is 4.01. The van der Waals surface area contributed by atoms with Crippen LogP contribution >= 0.6 is 22.7 Å². The van der Waals surface area contributed by atoms with Crippen molar-refractivity contribution >= 4 is 32.7 Å². The highest BCUT2D eigenvalue weighted by Gasteiger charge is 2.30. The first-order chi connectivity index (χ1) is 13.4. The molecule has 1 fully saturated rings. The summed E-state index contributed by atoms with van der Waals surface area (Å²) in [7, 11) is -3.41. The third-order valence-electron chi connectivity index (χ3n) is 4.64. The van der Waals surface area contributed by atoms with Crippen LogP contribution in [-0.4, -0.2) is 58.8 Å². The van der Waals surface area contributed by atoms with Crippen molar-refractivity contribution in [3.8, 4) is 10.8 Å². The first-order valence-electron chi connectivity index (χ1n) is 8.95. The topological polar surface area (TPSA) is 79.3 Å². The second-order valence-corrected chi connectivity index (χ2v) is 10.9. The SMILES string of the molecule is Cc1cc(S(=O)(=O)N2CCN(Cc3csc(-c4ncccn4)n3)CC2)c(C)s1. The molecule has 0 aromatic carbocycles. The standard InChI is InChI=1S/C18H21N5O2S3/c1-13-10-16(14(2)27-13)28(24,25)23-8-6-22(7-9-23)11-15-12-26-18(21-15)17-19-4-3-5-20-17/h3-5,10,12H,6-9,11H2,1-2H3. The number of thiophene rings is 1. The fraction of sp³-hybridized carbons (Fsp3) is 0.389. The van der Waals surface area contributed by atoms with E-state index in [2.05, 4.69) is 19.9 Å². The van der Waals surface area contributed by atoms with Crippen molar-refractivity contribution in [2.45, 2.75) is 25.3 Å². The predicted octanol–water partition coefficient (Wildman–Crippen LogP) is 2.78. The highest BCUT2D eigenvalue weighted by Crippen LogP contribution is 2.28. The van der Waals surface area contributed by atoms with Gasteiger partial charge in [0.25, 0.3) is 0 Å². The molecule has 0 N–H and O–H groups in total. The number of nitrogens with zero attached hydrogens (tertiary/aromatic N) is 5. The van der Waals surface area contributed by atoms with Crippen LogP contribution in [0.1, 0.15) is 15.4 Å². The molecule has 1 saturated heterocycles. The maximum absolute atomic E-state index is 12.9. The largest absolute Gasteiger partial charge is 0.295 e. The van der Waals surface area contributed by atoms with Gasteiger partial charge in [0.05, 0.1) is 10.6 Å². The minimum atomic E-state index is -3.41. The molecule has 0 bridgehead atoms. The van der Waals surface area contributed by atoms with Gasteiger partial charge in [-0.15, -0.1) is 22.7 Å². The molecule has 148 valence electrons. The Bertz CT molecular complexity index is 1050. The lowest BCUT2D eigenvalue weighted by molar-refractivity contribution is 0.180. The molecule has 0 spiro atoms. The van der Waals surface area contributed by atoms with E-state index < -0.39 is 10.0 Å². The molecule has 0 amide bonds. The smallest absolute Gasteiger partial charge is 0.244 e. The lowest BCUT2D eigenvalue weighted by atomic mass is 10.3. The van der Waals surface area contributed by atoms with Gasteiger partial charge in [-0.25, -0.2) is 23.4 Å². The molecule has 0 saturated carbocycles. The Morgan fingerprint density at radius 1 is 1.11 bits per heavy atom. The van der Waals surface area contributed by atoms with Crippen molar-refractivity contribution < 1.29 is 8.42 Å². The molecule has 10 heteroatoms. The molecule has 7 nitrogen and oxygen atoms in total. The summed E-state index contributed by atoms with van der Waals surface area (Å²) < 4.78 is 27.5. The zero-order chi connectivity index (χ0) is 19.7. The molecular formula is C18H21N5O2S3. The summed E-state index contributed by atoms with van der Waals surface area (Å²) in [6.45, 7) is 6.89. The first-order valence-corrected chi connectivity index (χ1v) is 12.1. The number of aromatic nitrogens is 3.